The molecule has 0 aliphatic heterocycles. The molecule has 0 radical (unpaired) electrons. The van der Waals surface area contributed by atoms with Crippen LogP contribution in [0.4, 0.5) is 0 Å². The number of ether oxygens (including phenoxy) is 2. The van der Waals surface area contributed by atoms with Crippen molar-refractivity contribution in [1.82, 2.24) is 4.72 Å². The Kier molecular flexibility index (Phi) is 5.04. The zero-order valence-electron chi connectivity index (χ0n) is 12.0. The number of hydrogen-bond acceptors (Lipinski definition) is 5. The van der Waals surface area contributed by atoms with Crippen LogP contribution in [-0.2, 0) is 24.3 Å². The minimum atomic E-state index is -3.47. The minimum absolute atomic E-state index is 0.0598. The smallest absolute Gasteiger partial charge is 0.310 e. The van der Waals surface area contributed by atoms with Gasteiger partial charge in [0, 0.05) is 12.6 Å². The number of nitrogens with one attached hydrogen (secondary N) is 1. The van der Waals surface area contributed by atoms with Gasteiger partial charge in [-0.3, -0.25) is 4.79 Å². The summed E-state index contributed by atoms with van der Waals surface area (Å²) in [5, 5.41) is -0.652. The molecular weight excluding hydrogens is 282 g/mol. The standard InChI is InChI=1S/C13H23NO5S/c1-3-19-10-7-9(8-10)14-20(16,17)12-6-4-5-11(12)13(15)18-2/h9-12,14H,3-8H2,1-2H3. The Bertz CT molecular complexity index is 444. The van der Waals surface area contributed by atoms with Crippen molar-refractivity contribution in [1.29, 1.82) is 0 Å². The van der Waals surface area contributed by atoms with E-state index in [0.717, 1.165) is 6.42 Å². The highest BCUT2D eigenvalue weighted by atomic mass is 32.2. The lowest BCUT2D eigenvalue weighted by atomic mass is 9.90. The van der Waals surface area contributed by atoms with Gasteiger partial charge in [0.2, 0.25) is 10.0 Å². The maximum atomic E-state index is 12.4. The first-order valence-corrected chi connectivity index (χ1v) is 8.73. The van der Waals surface area contributed by atoms with Crippen LogP contribution in [0.3, 0.4) is 0 Å². The van der Waals surface area contributed by atoms with E-state index in [1.807, 2.05) is 6.92 Å². The van der Waals surface area contributed by atoms with Crippen molar-refractivity contribution in [2.24, 2.45) is 5.92 Å². The van der Waals surface area contributed by atoms with Crippen LogP contribution >= 0.6 is 0 Å². The lowest BCUT2D eigenvalue weighted by Gasteiger charge is -2.36. The van der Waals surface area contributed by atoms with Crippen LogP contribution in [-0.4, -0.2) is 45.5 Å². The van der Waals surface area contributed by atoms with Crippen LogP contribution < -0.4 is 4.72 Å². The monoisotopic (exact) mass is 305 g/mol. The molecule has 6 nitrogen and oxygen atoms in total. The van der Waals surface area contributed by atoms with Crippen molar-refractivity contribution in [2.45, 2.75) is 56.4 Å². The molecule has 0 aromatic rings. The van der Waals surface area contributed by atoms with Crippen molar-refractivity contribution < 1.29 is 22.7 Å². The van der Waals surface area contributed by atoms with Gasteiger partial charge in [0.05, 0.1) is 24.4 Å². The van der Waals surface area contributed by atoms with Crippen molar-refractivity contribution in [2.75, 3.05) is 13.7 Å². The Morgan fingerprint density at radius 3 is 2.60 bits per heavy atom. The van der Waals surface area contributed by atoms with E-state index in [9.17, 15) is 13.2 Å². The summed E-state index contributed by atoms with van der Waals surface area (Å²) in [5.74, 6) is -0.945. The normalized spacial score (nSPS) is 33.7. The molecule has 2 fully saturated rings. The van der Waals surface area contributed by atoms with Gasteiger partial charge < -0.3 is 9.47 Å². The van der Waals surface area contributed by atoms with Crippen LogP contribution in [0.25, 0.3) is 0 Å². The molecule has 2 saturated carbocycles. The summed E-state index contributed by atoms with van der Waals surface area (Å²) in [6.45, 7) is 2.58. The SMILES string of the molecule is CCOC1CC(NS(=O)(=O)C2CCCC2C(=O)OC)C1. The largest absolute Gasteiger partial charge is 0.469 e. The summed E-state index contributed by atoms with van der Waals surface area (Å²) in [7, 11) is -2.17. The zero-order chi connectivity index (χ0) is 14.8. The van der Waals surface area contributed by atoms with Crippen LogP contribution in [0.15, 0.2) is 0 Å². The third-order valence-corrected chi connectivity index (χ3v) is 6.21. The molecule has 20 heavy (non-hydrogen) atoms. The fourth-order valence-corrected chi connectivity index (χ4v) is 5.06. The molecule has 0 spiro atoms. The molecule has 0 aromatic heterocycles. The third-order valence-electron chi connectivity index (χ3n) is 4.18. The van der Waals surface area contributed by atoms with Crippen molar-refractivity contribution in [3.05, 3.63) is 0 Å². The number of esters is 1. The highest BCUT2D eigenvalue weighted by molar-refractivity contribution is 7.90. The quantitative estimate of drug-likeness (QED) is 0.735. The Labute approximate surface area is 120 Å². The zero-order valence-corrected chi connectivity index (χ0v) is 12.8. The second-order valence-electron chi connectivity index (χ2n) is 5.51. The van der Waals surface area contributed by atoms with Gasteiger partial charge in [-0.1, -0.05) is 6.42 Å². The molecule has 1 N–H and O–H groups in total. The highest BCUT2D eigenvalue weighted by Crippen LogP contribution is 2.33. The predicted molar refractivity (Wildman–Crippen MR) is 73.6 cm³/mol. The van der Waals surface area contributed by atoms with E-state index < -0.39 is 27.2 Å². The van der Waals surface area contributed by atoms with Gasteiger partial charge >= 0.3 is 5.97 Å². The molecule has 0 saturated heterocycles. The van der Waals surface area contributed by atoms with E-state index in [4.69, 9.17) is 9.47 Å². The molecule has 0 amide bonds. The molecular formula is C13H23NO5S. The topological polar surface area (TPSA) is 81.7 Å². The average molecular weight is 305 g/mol. The van der Waals surface area contributed by atoms with Crippen LogP contribution in [0.5, 0.6) is 0 Å². The molecule has 2 unspecified atom stereocenters. The summed E-state index contributed by atoms with van der Waals surface area (Å²) >= 11 is 0. The van der Waals surface area contributed by atoms with E-state index >= 15 is 0 Å². The maximum absolute atomic E-state index is 12.4. The molecule has 0 bridgehead atoms. The van der Waals surface area contributed by atoms with E-state index in [2.05, 4.69) is 4.72 Å². The molecule has 7 heteroatoms. The van der Waals surface area contributed by atoms with Crippen molar-refractivity contribution in [3.8, 4) is 0 Å². The van der Waals surface area contributed by atoms with Gasteiger partial charge in [-0.05, 0) is 32.6 Å². The number of rotatable bonds is 6. The summed E-state index contributed by atoms with van der Waals surface area (Å²) in [6, 6.07) is -0.0598. The Morgan fingerprint density at radius 1 is 1.30 bits per heavy atom. The maximum Gasteiger partial charge on any atom is 0.310 e. The first-order valence-electron chi connectivity index (χ1n) is 7.18. The fourth-order valence-electron chi connectivity index (χ4n) is 3.07. The molecule has 0 aromatic carbocycles. The van der Waals surface area contributed by atoms with Crippen molar-refractivity contribution >= 4 is 16.0 Å². The Morgan fingerprint density at radius 2 is 2.00 bits per heavy atom. The van der Waals surface area contributed by atoms with Crippen molar-refractivity contribution in [3.63, 3.8) is 0 Å². The summed E-state index contributed by atoms with van der Waals surface area (Å²) < 4.78 is 37.6. The molecule has 116 valence electrons. The van der Waals surface area contributed by atoms with E-state index in [-0.39, 0.29) is 12.1 Å². The summed E-state index contributed by atoms with van der Waals surface area (Å²) in [6.07, 6.45) is 3.44. The Hall–Kier alpha value is -0.660. The molecule has 2 atom stereocenters. The number of methoxy groups -OCH3 is 1. The molecule has 2 aliphatic rings. The van der Waals surface area contributed by atoms with Gasteiger partial charge in [-0.25, -0.2) is 13.1 Å². The Balaban J connectivity index is 1.92. The van der Waals surface area contributed by atoms with Gasteiger partial charge in [-0.15, -0.1) is 0 Å². The first-order chi connectivity index (χ1) is 9.47. The summed E-state index contributed by atoms with van der Waals surface area (Å²) in [5.41, 5.74) is 0. The van der Waals surface area contributed by atoms with E-state index in [1.54, 1.807) is 0 Å². The van der Waals surface area contributed by atoms with Crippen LogP contribution in [0.2, 0.25) is 0 Å². The number of carbonyl (C=O) groups is 1. The van der Waals surface area contributed by atoms with Gasteiger partial charge in [0.1, 0.15) is 0 Å². The van der Waals surface area contributed by atoms with E-state index in [1.165, 1.54) is 7.11 Å². The fraction of sp³-hybridized carbons (Fsp3) is 0.923. The predicted octanol–water partition coefficient (Wildman–Crippen LogP) is 0.815. The van der Waals surface area contributed by atoms with E-state index in [0.29, 0.717) is 32.3 Å². The van der Waals surface area contributed by atoms with Crippen LogP contribution in [0, 0.1) is 5.92 Å². The lowest BCUT2D eigenvalue weighted by Crippen LogP contribution is -2.51. The molecule has 0 heterocycles. The first kappa shape index (κ1) is 15.7. The number of carbonyl (C=O) groups excluding carboxylic acids is 1. The van der Waals surface area contributed by atoms with Crippen LogP contribution in [0.1, 0.15) is 39.0 Å². The second kappa shape index (κ2) is 6.41. The summed E-state index contributed by atoms with van der Waals surface area (Å²) in [4.78, 5) is 11.6. The number of hydrogen-bond donors (Lipinski definition) is 1. The van der Waals surface area contributed by atoms with Gasteiger partial charge in [0.25, 0.3) is 0 Å². The van der Waals surface area contributed by atoms with Gasteiger partial charge in [-0.2, -0.15) is 0 Å². The second-order valence-corrected chi connectivity index (χ2v) is 7.44. The highest BCUT2D eigenvalue weighted by Gasteiger charge is 2.44. The molecule has 2 rings (SSSR count). The minimum Gasteiger partial charge on any atom is -0.469 e. The third kappa shape index (κ3) is 3.32. The number of sulfonamides is 1. The van der Waals surface area contributed by atoms with Gasteiger partial charge in [0.15, 0.2) is 0 Å². The average Bonchev–Trinajstić information content (AvgIpc) is 2.85. The lowest BCUT2D eigenvalue weighted by molar-refractivity contribution is -0.145. The molecule has 2 aliphatic carbocycles.